The van der Waals surface area contributed by atoms with Crippen LogP contribution in [0.15, 0.2) is 71.8 Å². The van der Waals surface area contributed by atoms with Crippen LogP contribution in [0.3, 0.4) is 0 Å². The van der Waals surface area contributed by atoms with Gasteiger partial charge in [-0.15, -0.1) is 0 Å². The van der Waals surface area contributed by atoms with Crippen LogP contribution < -0.4 is 0 Å². The summed E-state index contributed by atoms with van der Waals surface area (Å²) in [7, 11) is 0. The van der Waals surface area contributed by atoms with E-state index >= 15 is 0 Å². The number of fused-ring (bicyclic) bond motifs is 2. The summed E-state index contributed by atoms with van der Waals surface area (Å²) in [5.74, 6) is 1.86. The zero-order valence-corrected chi connectivity index (χ0v) is 11.6. The van der Waals surface area contributed by atoms with Crippen LogP contribution in [-0.4, -0.2) is 0 Å². The first kappa shape index (κ1) is 12.2. The maximum Gasteiger partial charge on any atom is -0.0134 e. The molecule has 0 heterocycles. The highest BCUT2D eigenvalue weighted by molar-refractivity contribution is 5.81. The Bertz CT molecular complexity index is 580. The minimum Gasteiger partial charge on any atom is -0.0779 e. The van der Waals surface area contributed by atoms with Crippen LogP contribution in [0.5, 0.6) is 0 Å². The summed E-state index contributed by atoms with van der Waals surface area (Å²) in [6.45, 7) is 4.44. The Balaban J connectivity index is 0.000000117. The van der Waals surface area contributed by atoms with E-state index in [9.17, 15) is 0 Å². The molecule has 4 rings (SSSR count). The van der Waals surface area contributed by atoms with Crippen molar-refractivity contribution in [2.45, 2.75) is 20.3 Å². The first-order valence-electron chi connectivity index (χ1n) is 7.04. The van der Waals surface area contributed by atoms with Gasteiger partial charge in [-0.2, -0.15) is 0 Å². The van der Waals surface area contributed by atoms with Gasteiger partial charge in [0.2, 0.25) is 0 Å². The van der Waals surface area contributed by atoms with Gasteiger partial charge < -0.3 is 0 Å². The molecule has 0 amide bonds. The van der Waals surface area contributed by atoms with E-state index in [0.29, 0.717) is 0 Å². The third-order valence-corrected chi connectivity index (χ3v) is 4.02. The number of hydrogen-bond donors (Lipinski definition) is 0. The summed E-state index contributed by atoms with van der Waals surface area (Å²) in [4.78, 5) is 0. The molecule has 0 heteroatoms. The molecule has 1 fully saturated rings. The van der Waals surface area contributed by atoms with Crippen LogP contribution in [0.1, 0.15) is 20.3 Å². The quantitative estimate of drug-likeness (QED) is 0.588. The van der Waals surface area contributed by atoms with Gasteiger partial charge in [-0.05, 0) is 42.9 Å². The minimum absolute atomic E-state index is 0.926. The molecule has 0 bridgehead atoms. The summed E-state index contributed by atoms with van der Waals surface area (Å²) in [5, 5.41) is 2.62. The standard InChI is InChI=1S/C10H8.C9H12/c1-2-6-10-8-4-3-7-9(10)5-1;1-6-3-7(2)9-5-8(9)4-6/h1-8H;3-4,8-9H,5H2,1-2H3/t;8-,9?/m.0/s1. The van der Waals surface area contributed by atoms with E-state index in [0.717, 1.165) is 11.8 Å². The van der Waals surface area contributed by atoms with Crippen LogP contribution in [0, 0.1) is 11.8 Å². The molecule has 19 heavy (non-hydrogen) atoms. The van der Waals surface area contributed by atoms with Gasteiger partial charge in [-0.1, -0.05) is 71.8 Å². The molecular weight excluding hydrogens is 228 g/mol. The van der Waals surface area contributed by atoms with Crippen molar-refractivity contribution in [1.82, 2.24) is 0 Å². The number of hydrogen-bond acceptors (Lipinski definition) is 0. The fourth-order valence-corrected chi connectivity index (χ4v) is 2.91. The van der Waals surface area contributed by atoms with Crippen molar-refractivity contribution in [1.29, 1.82) is 0 Å². The van der Waals surface area contributed by atoms with Crippen LogP contribution >= 0.6 is 0 Å². The summed E-state index contributed by atoms with van der Waals surface area (Å²) in [6.07, 6.45) is 6.13. The Morgan fingerprint density at radius 2 is 1.37 bits per heavy atom. The molecule has 0 N–H and O–H groups in total. The first-order valence-corrected chi connectivity index (χ1v) is 7.04. The van der Waals surface area contributed by atoms with Gasteiger partial charge >= 0.3 is 0 Å². The molecule has 2 aromatic carbocycles. The molecule has 1 unspecified atom stereocenters. The maximum atomic E-state index is 2.40. The Morgan fingerprint density at radius 3 is 1.84 bits per heavy atom. The van der Waals surface area contributed by atoms with Crippen LogP contribution in [0.4, 0.5) is 0 Å². The van der Waals surface area contributed by atoms with Gasteiger partial charge in [0.1, 0.15) is 0 Å². The zero-order valence-electron chi connectivity index (χ0n) is 11.6. The van der Waals surface area contributed by atoms with Gasteiger partial charge in [-0.25, -0.2) is 0 Å². The summed E-state index contributed by atoms with van der Waals surface area (Å²) >= 11 is 0. The second kappa shape index (κ2) is 5.05. The van der Waals surface area contributed by atoms with Crippen molar-refractivity contribution in [2.24, 2.45) is 11.8 Å². The molecule has 96 valence electrons. The first-order chi connectivity index (χ1) is 9.24. The van der Waals surface area contributed by atoms with Crippen LogP contribution in [0.2, 0.25) is 0 Å². The van der Waals surface area contributed by atoms with Crippen molar-refractivity contribution < 1.29 is 0 Å². The Labute approximate surface area is 115 Å². The maximum absolute atomic E-state index is 2.40. The molecule has 0 spiro atoms. The minimum atomic E-state index is 0.926. The van der Waals surface area contributed by atoms with E-state index in [2.05, 4.69) is 74.5 Å². The predicted octanol–water partition coefficient (Wildman–Crippen LogP) is 5.37. The van der Waals surface area contributed by atoms with E-state index in [1.807, 2.05) is 0 Å². The molecule has 2 aliphatic carbocycles. The second-order valence-electron chi connectivity index (χ2n) is 5.65. The highest BCUT2D eigenvalue weighted by Crippen LogP contribution is 2.48. The average molecular weight is 248 g/mol. The smallest absolute Gasteiger partial charge is 0.0134 e. The molecule has 0 aromatic heterocycles. The SMILES string of the molecule is CC1=C[C@H]2CC2C(C)=C1.c1ccc2ccccc2c1. The molecule has 2 atom stereocenters. The monoisotopic (exact) mass is 248 g/mol. The van der Waals surface area contributed by atoms with Gasteiger partial charge in [0, 0.05) is 0 Å². The Hall–Kier alpha value is -1.82. The topological polar surface area (TPSA) is 0 Å². The fraction of sp³-hybridized carbons (Fsp3) is 0.263. The van der Waals surface area contributed by atoms with Gasteiger partial charge in [-0.3, -0.25) is 0 Å². The normalized spacial score (nSPS) is 23.7. The largest absolute Gasteiger partial charge is 0.0779 e. The number of rotatable bonds is 0. The molecule has 1 saturated carbocycles. The molecule has 0 nitrogen and oxygen atoms in total. The lowest BCUT2D eigenvalue weighted by molar-refractivity contribution is 0.896. The summed E-state index contributed by atoms with van der Waals surface area (Å²) < 4.78 is 0. The summed E-state index contributed by atoms with van der Waals surface area (Å²) in [6, 6.07) is 16.7. The zero-order chi connectivity index (χ0) is 13.2. The van der Waals surface area contributed by atoms with Crippen molar-refractivity contribution >= 4 is 10.8 Å². The molecule has 0 aliphatic heterocycles. The number of allylic oxidation sites excluding steroid dienone is 4. The van der Waals surface area contributed by atoms with E-state index < -0.39 is 0 Å². The molecular formula is C19H20. The van der Waals surface area contributed by atoms with Crippen molar-refractivity contribution in [3.63, 3.8) is 0 Å². The lowest BCUT2D eigenvalue weighted by atomic mass is 10.0. The van der Waals surface area contributed by atoms with Gasteiger partial charge in [0.15, 0.2) is 0 Å². The molecule has 0 saturated heterocycles. The number of benzene rings is 2. The van der Waals surface area contributed by atoms with Crippen molar-refractivity contribution in [3.8, 4) is 0 Å². The lowest BCUT2D eigenvalue weighted by Crippen LogP contribution is -1.89. The Kier molecular flexibility index (Phi) is 3.25. The Morgan fingerprint density at radius 1 is 0.842 bits per heavy atom. The highest BCUT2D eigenvalue weighted by Gasteiger charge is 2.37. The van der Waals surface area contributed by atoms with Gasteiger partial charge in [0.05, 0.1) is 0 Å². The van der Waals surface area contributed by atoms with E-state index in [1.54, 1.807) is 5.57 Å². The molecule has 2 aromatic rings. The average Bonchev–Trinajstić information content (AvgIpc) is 3.19. The third kappa shape index (κ3) is 2.78. The lowest BCUT2D eigenvalue weighted by Gasteiger charge is -2.04. The highest BCUT2D eigenvalue weighted by atomic mass is 14.4. The molecule has 2 aliphatic rings. The van der Waals surface area contributed by atoms with E-state index in [1.165, 1.54) is 22.8 Å². The van der Waals surface area contributed by atoms with Gasteiger partial charge in [0.25, 0.3) is 0 Å². The molecule has 0 radical (unpaired) electrons. The van der Waals surface area contributed by atoms with Crippen molar-refractivity contribution in [2.75, 3.05) is 0 Å². The fourth-order valence-electron chi connectivity index (χ4n) is 2.91. The summed E-state index contributed by atoms with van der Waals surface area (Å²) in [5.41, 5.74) is 3.06. The predicted molar refractivity (Wildman–Crippen MR) is 83.1 cm³/mol. The third-order valence-electron chi connectivity index (χ3n) is 4.02. The second-order valence-corrected chi connectivity index (χ2v) is 5.65. The van der Waals surface area contributed by atoms with Crippen LogP contribution in [-0.2, 0) is 0 Å². The van der Waals surface area contributed by atoms with E-state index in [4.69, 9.17) is 0 Å². The van der Waals surface area contributed by atoms with E-state index in [-0.39, 0.29) is 0 Å². The van der Waals surface area contributed by atoms with Crippen molar-refractivity contribution in [3.05, 3.63) is 71.8 Å². The van der Waals surface area contributed by atoms with Crippen LogP contribution in [0.25, 0.3) is 10.8 Å².